The van der Waals surface area contributed by atoms with Gasteiger partial charge in [-0.05, 0) is 18.2 Å². The van der Waals surface area contributed by atoms with Crippen molar-refractivity contribution >= 4 is 28.2 Å². The van der Waals surface area contributed by atoms with Crippen LogP contribution in [0.1, 0.15) is 5.56 Å². The number of aliphatic hydroxyl groups excluding tert-OH is 1. The Morgan fingerprint density at radius 2 is 2.06 bits per heavy atom. The molecule has 0 radical (unpaired) electrons. The molecule has 0 aliphatic rings. The minimum atomic E-state index is -3.67. The van der Waals surface area contributed by atoms with Gasteiger partial charge in [0.05, 0.1) is 22.2 Å². The van der Waals surface area contributed by atoms with Gasteiger partial charge in [0.1, 0.15) is 0 Å². The third-order valence-electron chi connectivity index (χ3n) is 2.35. The Balaban J connectivity index is 3.27. The fraction of sp³-hybridized carbons (Fsp3) is 0.400. The molecule has 0 amide bonds. The third-order valence-corrected chi connectivity index (χ3v) is 4.27. The second kappa shape index (κ2) is 6.17. The Bertz CT molecular complexity index is 541. The van der Waals surface area contributed by atoms with Gasteiger partial charge < -0.3 is 5.11 Å². The molecular weight excluding hydrogens is 278 g/mol. The van der Waals surface area contributed by atoms with Crippen LogP contribution in [0, 0.1) is 10.1 Å². The lowest BCUT2D eigenvalue weighted by atomic mass is 10.1. The van der Waals surface area contributed by atoms with Crippen molar-refractivity contribution in [1.29, 1.82) is 0 Å². The molecule has 0 saturated heterocycles. The summed E-state index contributed by atoms with van der Waals surface area (Å²) >= 11 is 3.99. The van der Waals surface area contributed by atoms with Crippen LogP contribution in [0.4, 0.5) is 5.69 Å². The summed E-state index contributed by atoms with van der Waals surface area (Å²) in [6, 6.07) is 3.76. The van der Waals surface area contributed by atoms with Crippen molar-refractivity contribution in [2.45, 2.75) is 11.3 Å². The van der Waals surface area contributed by atoms with E-state index in [0.29, 0.717) is 17.7 Å². The fourth-order valence-corrected chi connectivity index (χ4v) is 2.76. The number of benzene rings is 1. The Morgan fingerprint density at radius 3 is 2.56 bits per heavy atom. The van der Waals surface area contributed by atoms with Gasteiger partial charge in [0.15, 0.2) is 9.84 Å². The number of sulfone groups is 1. The van der Waals surface area contributed by atoms with Gasteiger partial charge in [-0.1, -0.05) is 6.07 Å². The van der Waals surface area contributed by atoms with Crippen molar-refractivity contribution in [3.8, 4) is 0 Å². The number of nitro benzene ring substituents is 1. The van der Waals surface area contributed by atoms with Crippen molar-refractivity contribution in [1.82, 2.24) is 0 Å². The lowest BCUT2D eigenvalue weighted by Gasteiger charge is -2.05. The molecule has 0 fully saturated rings. The van der Waals surface area contributed by atoms with Gasteiger partial charge in [0.2, 0.25) is 0 Å². The number of aliphatic hydroxyl groups is 1. The first-order valence-electron chi connectivity index (χ1n) is 5.14. The van der Waals surface area contributed by atoms with Crippen LogP contribution in [-0.4, -0.2) is 36.6 Å². The molecule has 0 saturated carbocycles. The SMILES string of the molecule is O=[N+]([O-])c1cc(S(=O)(=O)CCO)ccc1CCS. The molecule has 100 valence electrons. The van der Waals surface area contributed by atoms with E-state index in [0.717, 1.165) is 6.07 Å². The summed E-state index contributed by atoms with van der Waals surface area (Å²) in [7, 11) is -3.67. The van der Waals surface area contributed by atoms with E-state index >= 15 is 0 Å². The molecule has 0 aromatic heterocycles. The zero-order valence-electron chi connectivity index (χ0n) is 9.44. The first kappa shape index (κ1) is 14.9. The van der Waals surface area contributed by atoms with Crippen molar-refractivity contribution in [2.24, 2.45) is 0 Å². The third kappa shape index (κ3) is 3.44. The minimum Gasteiger partial charge on any atom is -0.395 e. The quantitative estimate of drug-likeness (QED) is 0.460. The van der Waals surface area contributed by atoms with E-state index in [9.17, 15) is 18.5 Å². The van der Waals surface area contributed by atoms with Crippen LogP contribution in [0.25, 0.3) is 0 Å². The lowest BCUT2D eigenvalue weighted by molar-refractivity contribution is -0.385. The summed E-state index contributed by atoms with van der Waals surface area (Å²) in [4.78, 5) is 10.1. The van der Waals surface area contributed by atoms with E-state index in [-0.39, 0.29) is 10.6 Å². The first-order chi connectivity index (χ1) is 8.42. The molecule has 1 rings (SSSR count). The van der Waals surface area contributed by atoms with Crippen LogP contribution in [0.5, 0.6) is 0 Å². The maximum absolute atomic E-state index is 11.7. The van der Waals surface area contributed by atoms with Gasteiger partial charge in [-0.25, -0.2) is 8.42 Å². The van der Waals surface area contributed by atoms with E-state index in [1.54, 1.807) is 0 Å². The summed E-state index contributed by atoms with van der Waals surface area (Å²) in [5, 5.41) is 19.5. The van der Waals surface area contributed by atoms with Crippen LogP contribution < -0.4 is 0 Å². The zero-order valence-corrected chi connectivity index (χ0v) is 11.2. The van der Waals surface area contributed by atoms with Gasteiger partial charge in [-0.3, -0.25) is 10.1 Å². The standard InChI is InChI=1S/C10H13NO5S2/c12-4-6-18(15,16)9-2-1-8(3-5-17)10(7-9)11(13)14/h1-2,7,12,17H,3-6H2. The van der Waals surface area contributed by atoms with E-state index in [4.69, 9.17) is 5.11 Å². The van der Waals surface area contributed by atoms with E-state index in [2.05, 4.69) is 12.6 Å². The topological polar surface area (TPSA) is 97.5 Å². The van der Waals surface area contributed by atoms with Crippen molar-refractivity contribution in [3.05, 3.63) is 33.9 Å². The van der Waals surface area contributed by atoms with E-state index in [1.165, 1.54) is 12.1 Å². The highest BCUT2D eigenvalue weighted by molar-refractivity contribution is 7.91. The minimum absolute atomic E-state index is 0.147. The average Bonchev–Trinajstić information content (AvgIpc) is 2.29. The van der Waals surface area contributed by atoms with Crippen LogP contribution in [0.2, 0.25) is 0 Å². The normalized spacial score (nSPS) is 11.4. The maximum Gasteiger partial charge on any atom is 0.273 e. The van der Waals surface area contributed by atoms with Gasteiger partial charge in [-0.2, -0.15) is 12.6 Å². The number of nitrogens with zero attached hydrogens (tertiary/aromatic N) is 1. The summed E-state index contributed by atoms with van der Waals surface area (Å²) in [5.74, 6) is -0.0142. The van der Waals surface area contributed by atoms with Crippen molar-refractivity contribution in [2.75, 3.05) is 18.1 Å². The predicted octanol–water partition coefficient (Wildman–Crippen LogP) is 0.833. The first-order valence-corrected chi connectivity index (χ1v) is 7.42. The maximum atomic E-state index is 11.7. The highest BCUT2D eigenvalue weighted by Gasteiger charge is 2.20. The molecule has 1 aromatic carbocycles. The number of thiol groups is 1. The second-order valence-electron chi connectivity index (χ2n) is 3.56. The molecule has 6 nitrogen and oxygen atoms in total. The molecule has 8 heteroatoms. The zero-order chi connectivity index (χ0) is 13.8. The molecule has 0 spiro atoms. The Kier molecular flexibility index (Phi) is 5.12. The highest BCUT2D eigenvalue weighted by atomic mass is 32.2. The van der Waals surface area contributed by atoms with Gasteiger partial charge in [-0.15, -0.1) is 0 Å². The van der Waals surface area contributed by atoms with Crippen LogP contribution >= 0.6 is 12.6 Å². The summed E-state index contributed by atoms with van der Waals surface area (Å²) < 4.78 is 23.4. The van der Waals surface area contributed by atoms with Crippen molar-refractivity contribution in [3.63, 3.8) is 0 Å². The molecule has 0 heterocycles. The second-order valence-corrected chi connectivity index (χ2v) is 6.12. The molecule has 18 heavy (non-hydrogen) atoms. The number of hydrogen-bond donors (Lipinski definition) is 2. The molecular formula is C10H13NO5S2. The van der Waals surface area contributed by atoms with Gasteiger partial charge in [0.25, 0.3) is 5.69 Å². The summed E-state index contributed by atoms with van der Waals surface area (Å²) in [6.07, 6.45) is 0.389. The number of nitro groups is 1. The Morgan fingerprint density at radius 1 is 1.39 bits per heavy atom. The Hall–Kier alpha value is -1.12. The van der Waals surface area contributed by atoms with Crippen LogP contribution in [-0.2, 0) is 16.3 Å². The molecule has 0 unspecified atom stereocenters. The Labute approximate surface area is 110 Å². The summed E-state index contributed by atoms with van der Waals surface area (Å²) in [5.41, 5.74) is 0.209. The lowest BCUT2D eigenvalue weighted by Crippen LogP contribution is -2.11. The molecule has 0 bridgehead atoms. The highest BCUT2D eigenvalue weighted by Crippen LogP contribution is 2.24. The predicted molar refractivity (Wildman–Crippen MR) is 69.8 cm³/mol. The summed E-state index contributed by atoms with van der Waals surface area (Å²) in [6.45, 7) is -0.519. The van der Waals surface area contributed by atoms with Gasteiger partial charge in [0, 0.05) is 11.6 Å². The average molecular weight is 291 g/mol. The molecule has 1 N–H and O–H groups in total. The van der Waals surface area contributed by atoms with Crippen LogP contribution in [0.15, 0.2) is 23.1 Å². The largest absolute Gasteiger partial charge is 0.395 e. The number of aryl methyl sites for hydroxylation is 1. The fourth-order valence-electron chi connectivity index (χ4n) is 1.48. The molecule has 0 aliphatic heterocycles. The van der Waals surface area contributed by atoms with Gasteiger partial charge >= 0.3 is 0 Å². The number of hydrogen-bond acceptors (Lipinski definition) is 6. The molecule has 0 atom stereocenters. The monoisotopic (exact) mass is 291 g/mol. The van der Waals surface area contributed by atoms with Crippen LogP contribution in [0.3, 0.4) is 0 Å². The van der Waals surface area contributed by atoms with E-state index in [1.807, 2.05) is 0 Å². The smallest absolute Gasteiger partial charge is 0.273 e. The van der Waals surface area contributed by atoms with Crippen molar-refractivity contribution < 1.29 is 18.4 Å². The number of rotatable bonds is 6. The molecule has 0 aliphatic carbocycles. The van der Waals surface area contributed by atoms with E-state index < -0.39 is 27.1 Å². The molecule has 1 aromatic rings.